The Morgan fingerprint density at radius 3 is 2.38 bits per heavy atom. The summed E-state index contributed by atoms with van der Waals surface area (Å²) in [5.41, 5.74) is 3.36. The number of rotatable bonds is 9. The molecule has 140 valence electrons. The van der Waals surface area contributed by atoms with Crippen molar-refractivity contribution in [3.8, 4) is 11.1 Å². The Kier molecular flexibility index (Phi) is 7.18. The van der Waals surface area contributed by atoms with Crippen molar-refractivity contribution >= 4 is 10.0 Å². The van der Waals surface area contributed by atoms with Crippen LogP contribution < -0.4 is 5.14 Å². The van der Waals surface area contributed by atoms with Crippen molar-refractivity contribution in [2.75, 3.05) is 0 Å². The topological polar surface area (TPSA) is 60.2 Å². The van der Waals surface area contributed by atoms with E-state index in [2.05, 4.69) is 19.6 Å². The maximum Gasteiger partial charge on any atom is 0.238 e. The monoisotopic (exact) mass is 371 g/mol. The zero-order valence-electron chi connectivity index (χ0n) is 15.7. The van der Waals surface area contributed by atoms with Crippen LogP contribution in [-0.4, -0.2) is 8.42 Å². The summed E-state index contributed by atoms with van der Waals surface area (Å²) in [6.45, 7) is 8.00. The lowest BCUT2D eigenvalue weighted by Gasteiger charge is -2.19. The summed E-state index contributed by atoms with van der Waals surface area (Å²) < 4.78 is 24.4. The van der Waals surface area contributed by atoms with E-state index < -0.39 is 10.0 Å². The molecule has 0 aromatic heterocycles. The van der Waals surface area contributed by atoms with Gasteiger partial charge in [-0.15, -0.1) is 6.58 Å². The second kappa shape index (κ2) is 9.15. The zero-order chi connectivity index (χ0) is 19.2. The molecule has 4 heteroatoms. The van der Waals surface area contributed by atoms with Crippen LogP contribution in [-0.2, 0) is 10.0 Å². The van der Waals surface area contributed by atoms with E-state index in [1.165, 1.54) is 19.3 Å². The van der Waals surface area contributed by atoms with Crippen LogP contribution in [0.2, 0.25) is 0 Å². The standard InChI is InChI=1S/C22H29NO2S/c1-4-6-7-8-13-18(5-2)19-14-9-10-15-20(19)21-16-11-12-17(3)22(21)26(23,24)25/h5,9-12,14-16,18H,2,4,6-8,13H2,1,3H3,(H2,23,24,25). The molecule has 3 nitrogen and oxygen atoms in total. The quantitative estimate of drug-likeness (QED) is 0.464. The maximum absolute atomic E-state index is 12.2. The lowest BCUT2D eigenvalue weighted by Crippen LogP contribution is -2.15. The molecule has 0 radical (unpaired) electrons. The number of allylic oxidation sites excluding steroid dienone is 1. The number of nitrogens with two attached hydrogens (primary N) is 1. The molecule has 1 unspecified atom stereocenters. The summed E-state index contributed by atoms with van der Waals surface area (Å²) in [5.74, 6) is 0.192. The number of benzene rings is 2. The summed E-state index contributed by atoms with van der Waals surface area (Å²) in [5, 5.41) is 5.52. The summed E-state index contributed by atoms with van der Waals surface area (Å²) >= 11 is 0. The van der Waals surface area contributed by atoms with Gasteiger partial charge >= 0.3 is 0 Å². The normalized spacial score (nSPS) is 12.7. The molecule has 0 aliphatic rings. The summed E-state index contributed by atoms with van der Waals surface area (Å²) in [6, 6.07) is 13.5. The van der Waals surface area contributed by atoms with Gasteiger partial charge in [-0.25, -0.2) is 13.6 Å². The highest BCUT2D eigenvalue weighted by Gasteiger charge is 2.21. The van der Waals surface area contributed by atoms with Crippen LogP contribution in [0.4, 0.5) is 0 Å². The molecule has 2 N–H and O–H groups in total. The van der Waals surface area contributed by atoms with Crippen LogP contribution >= 0.6 is 0 Å². The van der Waals surface area contributed by atoms with E-state index in [1.54, 1.807) is 13.0 Å². The van der Waals surface area contributed by atoms with Crippen LogP contribution in [0.5, 0.6) is 0 Å². The molecule has 0 bridgehead atoms. The number of hydrogen-bond acceptors (Lipinski definition) is 2. The van der Waals surface area contributed by atoms with Crippen LogP contribution in [0.1, 0.15) is 56.1 Å². The Balaban J connectivity index is 2.50. The average molecular weight is 372 g/mol. The molecule has 0 heterocycles. The Labute approximate surface area is 158 Å². The van der Waals surface area contributed by atoms with Gasteiger partial charge in [0.2, 0.25) is 10.0 Å². The van der Waals surface area contributed by atoms with E-state index in [9.17, 15) is 8.42 Å². The van der Waals surface area contributed by atoms with E-state index in [-0.39, 0.29) is 10.8 Å². The highest BCUT2D eigenvalue weighted by molar-refractivity contribution is 7.89. The Bertz CT molecular complexity index is 856. The Hall–Kier alpha value is -1.91. The second-order valence-electron chi connectivity index (χ2n) is 6.78. The van der Waals surface area contributed by atoms with Crippen molar-refractivity contribution in [2.24, 2.45) is 5.14 Å². The van der Waals surface area contributed by atoms with Crippen molar-refractivity contribution < 1.29 is 8.42 Å². The van der Waals surface area contributed by atoms with Gasteiger partial charge in [0.25, 0.3) is 0 Å². The van der Waals surface area contributed by atoms with Gasteiger partial charge < -0.3 is 0 Å². The van der Waals surface area contributed by atoms with Gasteiger partial charge in [0.05, 0.1) is 4.90 Å². The molecule has 2 aromatic carbocycles. The van der Waals surface area contributed by atoms with Crippen LogP contribution in [0, 0.1) is 6.92 Å². The summed E-state index contributed by atoms with van der Waals surface area (Å²) in [6.07, 6.45) is 7.76. The first-order chi connectivity index (χ1) is 12.4. The van der Waals surface area contributed by atoms with Crippen molar-refractivity contribution in [3.63, 3.8) is 0 Å². The third-order valence-electron chi connectivity index (χ3n) is 4.80. The predicted octanol–water partition coefficient (Wildman–Crippen LogP) is 5.55. The van der Waals surface area contributed by atoms with E-state index >= 15 is 0 Å². The molecule has 0 aliphatic carbocycles. The predicted molar refractivity (Wildman–Crippen MR) is 110 cm³/mol. The number of hydrogen-bond donors (Lipinski definition) is 1. The molecule has 0 saturated carbocycles. The molecular weight excluding hydrogens is 342 g/mol. The first-order valence-corrected chi connectivity index (χ1v) is 10.8. The molecule has 0 amide bonds. The zero-order valence-corrected chi connectivity index (χ0v) is 16.6. The molecular formula is C22H29NO2S. The molecule has 26 heavy (non-hydrogen) atoms. The van der Waals surface area contributed by atoms with Crippen LogP contribution in [0.25, 0.3) is 11.1 Å². The van der Waals surface area contributed by atoms with Gasteiger partial charge in [0.1, 0.15) is 0 Å². The third-order valence-corrected chi connectivity index (χ3v) is 5.91. The lowest BCUT2D eigenvalue weighted by molar-refractivity contribution is 0.597. The highest BCUT2D eigenvalue weighted by atomic mass is 32.2. The molecule has 0 spiro atoms. The number of primary sulfonamides is 1. The Morgan fingerprint density at radius 1 is 1.04 bits per heavy atom. The van der Waals surface area contributed by atoms with Crippen molar-refractivity contribution in [3.05, 3.63) is 66.2 Å². The van der Waals surface area contributed by atoms with Crippen molar-refractivity contribution in [1.82, 2.24) is 0 Å². The average Bonchev–Trinajstić information content (AvgIpc) is 2.61. The highest BCUT2D eigenvalue weighted by Crippen LogP contribution is 2.36. The van der Waals surface area contributed by atoms with E-state index in [4.69, 9.17) is 5.14 Å². The molecule has 1 atom stereocenters. The number of aryl methyl sites for hydroxylation is 1. The van der Waals surface area contributed by atoms with Crippen molar-refractivity contribution in [2.45, 2.75) is 56.8 Å². The molecule has 2 rings (SSSR count). The van der Waals surface area contributed by atoms with Gasteiger partial charge in [-0.2, -0.15) is 0 Å². The lowest BCUT2D eigenvalue weighted by atomic mass is 9.87. The van der Waals surface area contributed by atoms with Crippen molar-refractivity contribution in [1.29, 1.82) is 0 Å². The minimum absolute atomic E-state index is 0.192. The fourth-order valence-electron chi connectivity index (χ4n) is 3.50. The van der Waals surface area contributed by atoms with Crippen LogP contribution in [0.15, 0.2) is 60.0 Å². The van der Waals surface area contributed by atoms with E-state index in [0.717, 1.165) is 24.0 Å². The van der Waals surface area contributed by atoms with Gasteiger partial charge in [-0.05, 0) is 30.0 Å². The minimum atomic E-state index is -3.81. The summed E-state index contributed by atoms with van der Waals surface area (Å²) in [7, 11) is -3.81. The molecule has 2 aromatic rings. The molecule has 0 fully saturated rings. The van der Waals surface area contributed by atoms with Crippen LogP contribution in [0.3, 0.4) is 0 Å². The third kappa shape index (κ3) is 4.83. The van der Waals surface area contributed by atoms with Gasteiger partial charge in [-0.1, -0.05) is 81.1 Å². The number of sulfonamides is 1. The summed E-state index contributed by atoms with van der Waals surface area (Å²) in [4.78, 5) is 0.209. The van der Waals surface area contributed by atoms with Gasteiger partial charge in [-0.3, -0.25) is 0 Å². The SMILES string of the molecule is C=CC(CCCCCC)c1ccccc1-c1cccc(C)c1S(N)(=O)=O. The fraction of sp³-hybridized carbons (Fsp3) is 0.364. The smallest absolute Gasteiger partial charge is 0.225 e. The van der Waals surface area contributed by atoms with E-state index in [0.29, 0.717) is 11.1 Å². The first-order valence-electron chi connectivity index (χ1n) is 9.24. The minimum Gasteiger partial charge on any atom is -0.225 e. The maximum atomic E-state index is 12.2. The Morgan fingerprint density at radius 2 is 1.73 bits per heavy atom. The molecule has 0 saturated heterocycles. The van der Waals surface area contributed by atoms with E-state index in [1.807, 2.05) is 36.4 Å². The second-order valence-corrected chi connectivity index (χ2v) is 8.27. The largest absolute Gasteiger partial charge is 0.238 e. The first kappa shape index (κ1) is 20.4. The van der Waals surface area contributed by atoms with Gasteiger partial charge in [0, 0.05) is 11.5 Å². The fourth-order valence-corrected chi connectivity index (χ4v) is 4.50. The number of unbranched alkanes of at least 4 members (excludes halogenated alkanes) is 3. The van der Waals surface area contributed by atoms with Gasteiger partial charge in [0.15, 0.2) is 0 Å². The molecule has 0 aliphatic heterocycles.